The first kappa shape index (κ1) is 15.6. The van der Waals surface area contributed by atoms with Crippen LogP contribution < -0.4 is 10.6 Å². The van der Waals surface area contributed by atoms with Gasteiger partial charge in [0, 0.05) is 30.5 Å². The number of aryl methyl sites for hydroxylation is 1. The van der Waals surface area contributed by atoms with E-state index in [-0.39, 0.29) is 0 Å². The Labute approximate surface area is 124 Å². The second-order valence-electron chi connectivity index (χ2n) is 5.08. The molecule has 1 atom stereocenters. The molecule has 1 aromatic heterocycles. The summed E-state index contributed by atoms with van der Waals surface area (Å²) in [4.78, 5) is 6.40. The van der Waals surface area contributed by atoms with Crippen LogP contribution in [-0.2, 0) is 16.3 Å². The van der Waals surface area contributed by atoms with Crippen LogP contribution in [0.4, 0.5) is 5.82 Å². The Morgan fingerprint density at radius 3 is 2.90 bits per heavy atom. The summed E-state index contributed by atoms with van der Waals surface area (Å²) in [5, 5.41) is -0.479. The lowest BCUT2D eigenvalue weighted by Gasteiger charge is -2.35. The average Bonchev–Trinajstić information content (AvgIpc) is 2.38. The number of sulfone groups is 1. The summed E-state index contributed by atoms with van der Waals surface area (Å²) in [5.41, 5.74) is 7.65. The van der Waals surface area contributed by atoms with E-state index in [0.29, 0.717) is 18.8 Å². The average molecular weight is 315 g/mol. The van der Waals surface area contributed by atoms with Crippen molar-refractivity contribution in [2.75, 3.05) is 35.8 Å². The van der Waals surface area contributed by atoms with Crippen LogP contribution in [0.25, 0.3) is 0 Å². The predicted octanol–water partition coefficient (Wildman–Crippen LogP) is 0.815. The van der Waals surface area contributed by atoms with E-state index in [9.17, 15) is 8.42 Å². The van der Waals surface area contributed by atoms with Crippen LogP contribution in [0.15, 0.2) is 12.3 Å². The van der Waals surface area contributed by atoms with Gasteiger partial charge < -0.3 is 10.6 Å². The molecule has 0 bridgehead atoms. The van der Waals surface area contributed by atoms with Gasteiger partial charge in [-0.15, -0.1) is 0 Å². The van der Waals surface area contributed by atoms with Crippen LogP contribution >= 0.6 is 11.8 Å². The third kappa shape index (κ3) is 3.45. The molecule has 1 aromatic rings. The molecule has 1 aliphatic heterocycles. The Morgan fingerprint density at radius 2 is 2.30 bits per heavy atom. The minimum atomic E-state index is -3.12. The molecule has 0 spiro atoms. The fourth-order valence-electron chi connectivity index (χ4n) is 2.41. The lowest BCUT2D eigenvalue weighted by molar-refractivity contribution is 0.583. The van der Waals surface area contributed by atoms with Crippen molar-refractivity contribution in [3.63, 3.8) is 0 Å². The van der Waals surface area contributed by atoms with E-state index >= 15 is 0 Å². The van der Waals surface area contributed by atoms with E-state index in [4.69, 9.17) is 5.73 Å². The molecule has 0 amide bonds. The molecule has 2 heterocycles. The minimum Gasteiger partial charge on any atom is -0.338 e. The van der Waals surface area contributed by atoms with Crippen molar-refractivity contribution >= 4 is 27.4 Å². The second kappa shape index (κ2) is 6.32. The molecule has 2 rings (SSSR count). The molecule has 0 saturated carbocycles. The largest absolute Gasteiger partial charge is 0.338 e. The maximum Gasteiger partial charge on any atom is 0.169 e. The van der Waals surface area contributed by atoms with Crippen LogP contribution in [0.2, 0.25) is 0 Å². The van der Waals surface area contributed by atoms with Crippen molar-refractivity contribution in [3.8, 4) is 0 Å². The smallest absolute Gasteiger partial charge is 0.169 e. The molecule has 0 aromatic carbocycles. The monoisotopic (exact) mass is 315 g/mol. The number of hydrogen-bond acceptors (Lipinski definition) is 6. The van der Waals surface area contributed by atoms with Crippen LogP contribution in [0.1, 0.15) is 11.1 Å². The maximum absolute atomic E-state index is 12.0. The van der Waals surface area contributed by atoms with E-state index in [0.717, 1.165) is 29.1 Å². The highest BCUT2D eigenvalue weighted by Gasteiger charge is 2.32. The Morgan fingerprint density at radius 1 is 1.55 bits per heavy atom. The number of thioether (sulfide) groups is 1. The van der Waals surface area contributed by atoms with Gasteiger partial charge in [-0.2, -0.15) is 11.8 Å². The van der Waals surface area contributed by atoms with Crippen molar-refractivity contribution in [1.82, 2.24) is 4.98 Å². The van der Waals surface area contributed by atoms with Gasteiger partial charge in [0.05, 0.1) is 0 Å². The summed E-state index contributed by atoms with van der Waals surface area (Å²) in [6.07, 6.45) is 3.89. The summed E-state index contributed by atoms with van der Waals surface area (Å²) in [5.74, 6) is 2.31. The van der Waals surface area contributed by atoms with Gasteiger partial charge in [-0.05, 0) is 31.0 Å². The van der Waals surface area contributed by atoms with E-state index in [1.54, 1.807) is 18.0 Å². The lowest BCUT2D eigenvalue weighted by Crippen LogP contribution is -2.47. The summed E-state index contributed by atoms with van der Waals surface area (Å²) in [7, 11) is -3.12. The highest BCUT2D eigenvalue weighted by molar-refractivity contribution is 8.01. The first-order valence-electron chi connectivity index (χ1n) is 6.62. The van der Waals surface area contributed by atoms with Gasteiger partial charge in [0.1, 0.15) is 11.2 Å². The zero-order valence-corrected chi connectivity index (χ0v) is 13.5. The number of nitrogens with two attached hydrogens (primary N) is 1. The quantitative estimate of drug-likeness (QED) is 0.886. The zero-order chi connectivity index (χ0) is 14.8. The minimum absolute atomic E-state index is 0.479. The van der Waals surface area contributed by atoms with Gasteiger partial charge in [0.25, 0.3) is 0 Å². The molecule has 1 unspecified atom stereocenters. The molecular weight excluding hydrogens is 294 g/mol. The fraction of sp³-hybridized carbons (Fsp3) is 0.615. The molecule has 5 nitrogen and oxygen atoms in total. The molecule has 1 saturated heterocycles. The molecule has 112 valence electrons. The van der Waals surface area contributed by atoms with Crippen molar-refractivity contribution < 1.29 is 8.42 Å². The number of pyridine rings is 1. The molecule has 7 heteroatoms. The van der Waals surface area contributed by atoms with Crippen LogP contribution in [0.5, 0.6) is 0 Å². The van der Waals surface area contributed by atoms with Gasteiger partial charge in [-0.1, -0.05) is 6.07 Å². The molecule has 1 fully saturated rings. The Kier molecular flexibility index (Phi) is 4.93. The molecule has 0 aliphatic carbocycles. The standard InChI is InChI=1S/C13H21N3O2S2/c1-10-7-11(3-4-14)8-15-13(10)16-5-6-19-9-12(16)20(2,17)18/h7-8,12H,3-6,9,14H2,1-2H3. The molecule has 20 heavy (non-hydrogen) atoms. The fourth-order valence-corrected chi connectivity index (χ4v) is 5.23. The van der Waals surface area contributed by atoms with E-state index in [1.165, 1.54) is 6.26 Å². The van der Waals surface area contributed by atoms with Crippen LogP contribution in [0, 0.1) is 6.92 Å². The summed E-state index contributed by atoms with van der Waals surface area (Å²) in [6, 6.07) is 2.05. The summed E-state index contributed by atoms with van der Waals surface area (Å²) >= 11 is 1.68. The van der Waals surface area contributed by atoms with E-state index in [2.05, 4.69) is 11.1 Å². The van der Waals surface area contributed by atoms with Crippen molar-refractivity contribution in [2.24, 2.45) is 5.73 Å². The Bertz CT molecular complexity index is 575. The number of hydrogen-bond donors (Lipinski definition) is 1. The first-order valence-corrected chi connectivity index (χ1v) is 9.73. The number of rotatable bonds is 4. The summed E-state index contributed by atoms with van der Waals surface area (Å²) in [6.45, 7) is 3.28. The van der Waals surface area contributed by atoms with E-state index < -0.39 is 15.2 Å². The van der Waals surface area contributed by atoms with Gasteiger partial charge in [-0.3, -0.25) is 0 Å². The number of nitrogens with zero attached hydrogens (tertiary/aromatic N) is 2. The van der Waals surface area contributed by atoms with Crippen LogP contribution in [0.3, 0.4) is 0 Å². The highest BCUT2D eigenvalue weighted by Crippen LogP contribution is 2.27. The molecular formula is C13H21N3O2S2. The first-order chi connectivity index (χ1) is 9.43. The van der Waals surface area contributed by atoms with Gasteiger partial charge in [-0.25, -0.2) is 13.4 Å². The van der Waals surface area contributed by atoms with E-state index in [1.807, 2.05) is 11.8 Å². The van der Waals surface area contributed by atoms with Gasteiger partial charge in [0.2, 0.25) is 0 Å². The van der Waals surface area contributed by atoms with Gasteiger partial charge in [0.15, 0.2) is 9.84 Å². The SMILES string of the molecule is Cc1cc(CCN)cnc1N1CCSCC1S(C)(=O)=O. The lowest BCUT2D eigenvalue weighted by atomic mass is 10.1. The topological polar surface area (TPSA) is 76.3 Å². The Hall–Kier alpha value is -0.790. The third-order valence-corrected chi connectivity index (χ3v) is 6.03. The van der Waals surface area contributed by atoms with Crippen molar-refractivity contribution in [2.45, 2.75) is 18.7 Å². The summed E-state index contributed by atoms with van der Waals surface area (Å²) < 4.78 is 23.9. The number of anilines is 1. The predicted molar refractivity (Wildman–Crippen MR) is 85.0 cm³/mol. The molecule has 0 radical (unpaired) electrons. The third-order valence-electron chi connectivity index (χ3n) is 3.39. The second-order valence-corrected chi connectivity index (χ2v) is 8.43. The molecule has 1 aliphatic rings. The molecule has 2 N–H and O–H groups in total. The highest BCUT2D eigenvalue weighted by atomic mass is 32.2. The van der Waals surface area contributed by atoms with Crippen molar-refractivity contribution in [1.29, 1.82) is 0 Å². The maximum atomic E-state index is 12.0. The Balaban J connectivity index is 2.33. The normalized spacial score (nSPS) is 20.1. The van der Waals surface area contributed by atoms with Crippen molar-refractivity contribution in [3.05, 3.63) is 23.4 Å². The van der Waals surface area contributed by atoms with Crippen LogP contribution in [-0.4, -0.2) is 49.6 Å². The number of aromatic nitrogens is 1. The van der Waals surface area contributed by atoms with Gasteiger partial charge >= 0.3 is 0 Å². The zero-order valence-electron chi connectivity index (χ0n) is 11.9.